The van der Waals surface area contributed by atoms with Gasteiger partial charge in [0.25, 0.3) is 0 Å². The third-order valence-corrected chi connectivity index (χ3v) is 2.52. The van der Waals surface area contributed by atoms with Crippen LogP contribution >= 0.6 is 0 Å². The van der Waals surface area contributed by atoms with E-state index < -0.39 is 0 Å². The first-order chi connectivity index (χ1) is 7.18. The molecule has 0 aromatic heterocycles. The average Bonchev–Trinajstić information content (AvgIpc) is 2.18. The van der Waals surface area contributed by atoms with E-state index in [9.17, 15) is 4.79 Å². The Kier molecular flexibility index (Phi) is 5.40. The fourth-order valence-corrected chi connectivity index (χ4v) is 1.70. The minimum atomic E-state index is 0.180. The maximum Gasteiger partial charge on any atom is 0.220 e. The molecule has 86 valence electrons. The molecule has 1 amide bonds. The molecule has 0 radical (unpaired) electrons. The van der Waals surface area contributed by atoms with Crippen molar-refractivity contribution in [2.75, 3.05) is 19.6 Å². The number of rotatable bonds is 5. The summed E-state index contributed by atoms with van der Waals surface area (Å²) in [5.74, 6) is 0.627. The van der Waals surface area contributed by atoms with Gasteiger partial charge in [0, 0.05) is 19.5 Å². The molecule has 0 saturated heterocycles. The lowest BCUT2D eigenvalue weighted by Crippen LogP contribution is -2.27. The molecule has 1 aliphatic rings. The highest BCUT2D eigenvalue weighted by Gasteiger charge is 2.05. The van der Waals surface area contributed by atoms with E-state index in [4.69, 9.17) is 0 Å². The number of hydrogen-bond acceptors (Lipinski definition) is 2. The van der Waals surface area contributed by atoms with Gasteiger partial charge in [0.05, 0.1) is 0 Å². The van der Waals surface area contributed by atoms with Gasteiger partial charge in [-0.1, -0.05) is 25.5 Å². The van der Waals surface area contributed by atoms with Crippen LogP contribution in [0, 0.1) is 5.92 Å². The van der Waals surface area contributed by atoms with E-state index in [0.717, 1.165) is 32.5 Å². The molecule has 0 aliphatic carbocycles. The summed E-state index contributed by atoms with van der Waals surface area (Å²) in [6.45, 7) is 6.97. The maximum atomic E-state index is 11.4. The second kappa shape index (κ2) is 6.62. The third-order valence-electron chi connectivity index (χ3n) is 2.52. The fourth-order valence-electron chi connectivity index (χ4n) is 1.70. The number of hydrogen-bond donors (Lipinski definition) is 2. The second-order valence-electron chi connectivity index (χ2n) is 4.51. The van der Waals surface area contributed by atoms with Crippen LogP contribution in [-0.2, 0) is 4.79 Å². The van der Waals surface area contributed by atoms with Gasteiger partial charge < -0.3 is 10.6 Å². The quantitative estimate of drug-likeness (QED) is 0.674. The summed E-state index contributed by atoms with van der Waals surface area (Å²) in [6.07, 6.45) is 5.00. The maximum absolute atomic E-state index is 11.4. The summed E-state index contributed by atoms with van der Waals surface area (Å²) < 4.78 is 0. The Bertz CT molecular complexity index is 234. The molecule has 0 spiro atoms. The molecule has 0 unspecified atom stereocenters. The van der Waals surface area contributed by atoms with Crippen LogP contribution in [0.1, 0.15) is 33.1 Å². The highest BCUT2D eigenvalue weighted by Crippen LogP contribution is 2.08. The second-order valence-corrected chi connectivity index (χ2v) is 4.51. The molecule has 0 aromatic carbocycles. The Morgan fingerprint density at radius 1 is 1.60 bits per heavy atom. The summed E-state index contributed by atoms with van der Waals surface area (Å²) in [7, 11) is 0. The lowest BCUT2D eigenvalue weighted by molar-refractivity contribution is -0.121. The van der Waals surface area contributed by atoms with Gasteiger partial charge in [0.1, 0.15) is 0 Å². The monoisotopic (exact) mass is 210 g/mol. The minimum Gasteiger partial charge on any atom is -0.356 e. The fraction of sp³-hybridized carbons (Fsp3) is 0.750. The van der Waals surface area contributed by atoms with Crippen LogP contribution in [0.25, 0.3) is 0 Å². The molecule has 1 aliphatic heterocycles. The van der Waals surface area contributed by atoms with E-state index in [1.165, 1.54) is 5.57 Å². The van der Waals surface area contributed by atoms with Gasteiger partial charge >= 0.3 is 0 Å². The zero-order valence-corrected chi connectivity index (χ0v) is 9.81. The van der Waals surface area contributed by atoms with Crippen LogP contribution < -0.4 is 10.6 Å². The van der Waals surface area contributed by atoms with Gasteiger partial charge in [0.15, 0.2) is 0 Å². The van der Waals surface area contributed by atoms with E-state index in [0.29, 0.717) is 12.3 Å². The molecule has 2 N–H and O–H groups in total. The van der Waals surface area contributed by atoms with Crippen molar-refractivity contribution in [1.82, 2.24) is 10.6 Å². The van der Waals surface area contributed by atoms with Crippen molar-refractivity contribution in [3.8, 4) is 0 Å². The number of carbonyl (C=O) groups excluding carboxylic acids is 1. The summed E-state index contributed by atoms with van der Waals surface area (Å²) in [5, 5.41) is 6.24. The highest BCUT2D eigenvalue weighted by atomic mass is 16.1. The smallest absolute Gasteiger partial charge is 0.220 e. The molecule has 1 heterocycles. The molecule has 15 heavy (non-hydrogen) atoms. The molecule has 0 aromatic rings. The molecule has 3 heteroatoms. The topological polar surface area (TPSA) is 41.1 Å². The van der Waals surface area contributed by atoms with Crippen LogP contribution in [-0.4, -0.2) is 25.5 Å². The van der Waals surface area contributed by atoms with Crippen molar-refractivity contribution in [1.29, 1.82) is 0 Å². The predicted octanol–water partition coefficient (Wildman–Crippen LogP) is 1.46. The van der Waals surface area contributed by atoms with Gasteiger partial charge in [-0.3, -0.25) is 4.79 Å². The zero-order valence-electron chi connectivity index (χ0n) is 9.81. The van der Waals surface area contributed by atoms with Crippen molar-refractivity contribution in [2.24, 2.45) is 5.92 Å². The molecule has 1 rings (SSSR count). The Labute approximate surface area is 92.3 Å². The van der Waals surface area contributed by atoms with Crippen molar-refractivity contribution < 1.29 is 4.79 Å². The summed E-state index contributed by atoms with van der Waals surface area (Å²) in [6, 6.07) is 0. The van der Waals surface area contributed by atoms with Gasteiger partial charge in [-0.05, 0) is 25.3 Å². The highest BCUT2D eigenvalue weighted by molar-refractivity contribution is 5.76. The van der Waals surface area contributed by atoms with Gasteiger partial charge in [-0.2, -0.15) is 0 Å². The van der Waals surface area contributed by atoms with E-state index >= 15 is 0 Å². The van der Waals surface area contributed by atoms with Crippen molar-refractivity contribution in [3.05, 3.63) is 11.6 Å². The summed E-state index contributed by atoms with van der Waals surface area (Å²) in [5.41, 5.74) is 1.47. The van der Waals surface area contributed by atoms with Gasteiger partial charge in [-0.25, -0.2) is 0 Å². The van der Waals surface area contributed by atoms with Crippen molar-refractivity contribution in [3.63, 3.8) is 0 Å². The molecular formula is C12H22N2O. The Morgan fingerprint density at radius 2 is 2.40 bits per heavy atom. The largest absolute Gasteiger partial charge is 0.356 e. The first kappa shape index (κ1) is 12.2. The van der Waals surface area contributed by atoms with Crippen LogP contribution in [0.4, 0.5) is 0 Å². The van der Waals surface area contributed by atoms with Crippen LogP contribution in [0.3, 0.4) is 0 Å². The van der Waals surface area contributed by atoms with E-state index in [2.05, 4.69) is 30.6 Å². The average molecular weight is 210 g/mol. The molecule has 0 fully saturated rings. The number of amides is 1. The molecular weight excluding hydrogens is 188 g/mol. The Balaban J connectivity index is 2.10. The third kappa shape index (κ3) is 5.57. The standard InChI is InChI=1S/C12H22N2O/c1-10(2)9-12(15)14-8-5-11-3-6-13-7-4-11/h3,10,13H,4-9H2,1-2H3,(H,14,15). The number of carbonyl (C=O) groups is 1. The first-order valence-electron chi connectivity index (χ1n) is 5.84. The summed E-state index contributed by atoms with van der Waals surface area (Å²) in [4.78, 5) is 11.4. The SMILES string of the molecule is CC(C)CC(=O)NCCC1=CCNCC1. The number of nitrogens with one attached hydrogen (secondary N) is 2. The molecule has 0 saturated carbocycles. The predicted molar refractivity (Wildman–Crippen MR) is 62.7 cm³/mol. The van der Waals surface area contributed by atoms with Crippen LogP contribution in [0.15, 0.2) is 11.6 Å². The Hall–Kier alpha value is -0.830. The van der Waals surface area contributed by atoms with Crippen molar-refractivity contribution in [2.45, 2.75) is 33.1 Å². The van der Waals surface area contributed by atoms with Crippen LogP contribution in [0.5, 0.6) is 0 Å². The minimum absolute atomic E-state index is 0.180. The molecule has 0 atom stereocenters. The molecule has 3 nitrogen and oxygen atoms in total. The van der Waals surface area contributed by atoms with E-state index in [1.807, 2.05) is 0 Å². The lowest BCUT2D eigenvalue weighted by Gasteiger charge is -2.14. The Morgan fingerprint density at radius 3 is 3.00 bits per heavy atom. The normalized spacial score (nSPS) is 16.3. The van der Waals surface area contributed by atoms with E-state index in [-0.39, 0.29) is 5.91 Å². The summed E-state index contributed by atoms with van der Waals surface area (Å²) >= 11 is 0. The van der Waals surface area contributed by atoms with Gasteiger partial charge in [-0.15, -0.1) is 0 Å². The molecule has 0 bridgehead atoms. The van der Waals surface area contributed by atoms with E-state index in [1.54, 1.807) is 0 Å². The lowest BCUT2D eigenvalue weighted by atomic mass is 10.1. The van der Waals surface area contributed by atoms with Crippen LogP contribution in [0.2, 0.25) is 0 Å². The van der Waals surface area contributed by atoms with Crippen molar-refractivity contribution >= 4 is 5.91 Å². The first-order valence-corrected chi connectivity index (χ1v) is 5.84. The zero-order chi connectivity index (χ0) is 11.1. The van der Waals surface area contributed by atoms with Gasteiger partial charge in [0.2, 0.25) is 5.91 Å².